The summed E-state index contributed by atoms with van der Waals surface area (Å²) < 4.78 is 5.14. The zero-order valence-corrected chi connectivity index (χ0v) is 16.2. The SMILES string of the molecule is COc1ccc(C2/C(=C(\O)c3ccc(Cl)cc3)C(=O)C(=O)N2CCC(=O)O)cc1. The van der Waals surface area contributed by atoms with Gasteiger partial charge in [0.1, 0.15) is 11.5 Å². The second-order valence-electron chi connectivity index (χ2n) is 6.42. The average Bonchev–Trinajstić information content (AvgIpc) is 2.97. The van der Waals surface area contributed by atoms with E-state index in [4.69, 9.17) is 21.4 Å². The number of aliphatic hydroxyl groups is 1. The van der Waals surface area contributed by atoms with Crippen LogP contribution >= 0.6 is 11.6 Å². The van der Waals surface area contributed by atoms with E-state index in [1.165, 1.54) is 24.1 Å². The van der Waals surface area contributed by atoms with Crippen LogP contribution in [0.15, 0.2) is 54.1 Å². The van der Waals surface area contributed by atoms with Crippen molar-refractivity contribution in [3.63, 3.8) is 0 Å². The van der Waals surface area contributed by atoms with Crippen LogP contribution < -0.4 is 4.74 Å². The van der Waals surface area contributed by atoms with Crippen LogP contribution in [0.3, 0.4) is 0 Å². The topological polar surface area (TPSA) is 104 Å². The molecular weight excluding hydrogens is 398 g/mol. The highest BCUT2D eigenvalue weighted by Crippen LogP contribution is 2.39. The molecule has 2 aromatic rings. The predicted molar refractivity (Wildman–Crippen MR) is 106 cm³/mol. The number of aliphatic carboxylic acids is 1. The Kier molecular flexibility index (Phi) is 5.89. The number of aliphatic hydroxyl groups excluding tert-OH is 1. The summed E-state index contributed by atoms with van der Waals surface area (Å²) in [7, 11) is 1.51. The molecule has 1 heterocycles. The van der Waals surface area contributed by atoms with Gasteiger partial charge < -0.3 is 19.8 Å². The Labute approximate surface area is 171 Å². The molecule has 1 fully saturated rings. The molecule has 3 rings (SSSR count). The minimum atomic E-state index is -1.10. The smallest absolute Gasteiger partial charge is 0.305 e. The number of ketones is 1. The van der Waals surface area contributed by atoms with E-state index in [2.05, 4.69) is 0 Å². The first-order valence-electron chi connectivity index (χ1n) is 8.73. The Balaban J connectivity index is 2.13. The number of methoxy groups -OCH3 is 1. The van der Waals surface area contributed by atoms with Gasteiger partial charge >= 0.3 is 5.97 Å². The maximum absolute atomic E-state index is 12.7. The molecule has 0 radical (unpaired) electrons. The van der Waals surface area contributed by atoms with Gasteiger partial charge in [0.2, 0.25) is 0 Å². The number of carboxylic acid groups (broad SMARTS) is 1. The Morgan fingerprint density at radius 1 is 1.07 bits per heavy atom. The third-order valence-electron chi connectivity index (χ3n) is 4.66. The Hall–Kier alpha value is -3.32. The standard InChI is InChI=1S/C21H18ClNO6/c1-29-15-8-4-12(5-9-15)18-17(19(26)13-2-6-14(22)7-3-13)20(27)21(28)23(18)11-10-16(24)25/h2-9,18,26H,10-11H2,1H3,(H,24,25)/b19-17+. The van der Waals surface area contributed by atoms with E-state index in [0.29, 0.717) is 21.9 Å². The van der Waals surface area contributed by atoms with Gasteiger partial charge in [-0.15, -0.1) is 0 Å². The van der Waals surface area contributed by atoms with Gasteiger partial charge in [0.05, 0.1) is 25.1 Å². The highest BCUT2D eigenvalue weighted by Gasteiger charge is 2.46. The Morgan fingerprint density at radius 3 is 2.24 bits per heavy atom. The van der Waals surface area contributed by atoms with Crippen molar-refractivity contribution < 1.29 is 29.3 Å². The van der Waals surface area contributed by atoms with Crippen LogP contribution in [0.4, 0.5) is 0 Å². The third kappa shape index (κ3) is 4.09. The van der Waals surface area contributed by atoms with E-state index >= 15 is 0 Å². The molecule has 1 unspecified atom stereocenters. The first kappa shape index (κ1) is 20.4. The number of nitrogens with zero attached hydrogens (tertiary/aromatic N) is 1. The highest BCUT2D eigenvalue weighted by atomic mass is 35.5. The Bertz CT molecular complexity index is 981. The number of benzene rings is 2. The van der Waals surface area contributed by atoms with Gasteiger partial charge in [-0.1, -0.05) is 23.7 Å². The molecule has 0 spiro atoms. The molecule has 1 aliphatic heterocycles. The first-order chi connectivity index (χ1) is 13.8. The van der Waals surface area contributed by atoms with E-state index in [0.717, 1.165) is 0 Å². The summed E-state index contributed by atoms with van der Waals surface area (Å²) in [5.74, 6) is -2.60. The Morgan fingerprint density at radius 2 is 1.69 bits per heavy atom. The quantitative estimate of drug-likeness (QED) is 0.426. The molecule has 2 aromatic carbocycles. The van der Waals surface area contributed by atoms with Crippen molar-refractivity contribution in [1.82, 2.24) is 4.90 Å². The van der Waals surface area contributed by atoms with Crippen molar-refractivity contribution in [2.45, 2.75) is 12.5 Å². The zero-order chi connectivity index (χ0) is 21.1. The highest BCUT2D eigenvalue weighted by molar-refractivity contribution is 6.46. The number of carbonyl (C=O) groups is 3. The van der Waals surface area contributed by atoms with E-state index in [1.54, 1.807) is 36.4 Å². The van der Waals surface area contributed by atoms with Crippen LogP contribution in [0.1, 0.15) is 23.6 Å². The fourth-order valence-electron chi connectivity index (χ4n) is 3.22. The van der Waals surface area contributed by atoms with Gasteiger partial charge in [-0.05, 0) is 42.0 Å². The molecule has 1 saturated heterocycles. The summed E-state index contributed by atoms with van der Waals surface area (Å²) >= 11 is 5.88. The number of Topliss-reactive ketones (excluding diaryl/α,β-unsaturated/α-hetero) is 1. The van der Waals surface area contributed by atoms with Crippen molar-refractivity contribution in [1.29, 1.82) is 0 Å². The summed E-state index contributed by atoms with van der Waals surface area (Å²) in [4.78, 5) is 37.6. The van der Waals surface area contributed by atoms with E-state index < -0.39 is 23.7 Å². The molecule has 1 atom stereocenters. The van der Waals surface area contributed by atoms with Gasteiger partial charge in [-0.2, -0.15) is 0 Å². The molecule has 1 amide bonds. The number of halogens is 1. The van der Waals surface area contributed by atoms with Crippen LogP contribution in [0.2, 0.25) is 5.02 Å². The number of rotatable bonds is 6. The number of hydrogen-bond donors (Lipinski definition) is 2. The molecule has 1 aliphatic rings. The van der Waals surface area contributed by atoms with Gasteiger partial charge in [0.25, 0.3) is 11.7 Å². The minimum absolute atomic E-state index is 0.104. The molecular formula is C21H18ClNO6. The maximum Gasteiger partial charge on any atom is 0.305 e. The average molecular weight is 416 g/mol. The van der Waals surface area contributed by atoms with Crippen LogP contribution in [-0.4, -0.2) is 46.4 Å². The second-order valence-corrected chi connectivity index (χ2v) is 6.85. The van der Waals surface area contributed by atoms with Crippen LogP contribution in [0.5, 0.6) is 5.75 Å². The molecule has 8 heteroatoms. The maximum atomic E-state index is 12.7. The summed E-state index contributed by atoms with van der Waals surface area (Å²) in [6.45, 7) is -0.173. The van der Waals surface area contributed by atoms with Gasteiger partial charge in [0, 0.05) is 17.1 Å². The molecule has 0 saturated carbocycles. The summed E-state index contributed by atoms with van der Waals surface area (Å²) in [5, 5.41) is 20.3. The zero-order valence-electron chi connectivity index (χ0n) is 15.5. The van der Waals surface area contributed by atoms with E-state index in [9.17, 15) is 19.5 Å². The molecule has 29 heavy (non-hydrogen) atoms. The lowest BCUT2D eigenvalue weighted by Crippen LogP contribution is -2.31. The van der Waals surface area contributed by atoms with E-state index in [-0.39, 0.29) is 24.3 Å². The largest absolute Gasteiger partial charge is 0.507 e. The van der Waals surface area contributed by atoms with Crippen molar-refractivity contribution in [2.24, 2.45) is 0 Å². The van der Waals surface area contributed by atoms with Gasteiger partial charge in [0.15, 0.2) is 0 Å². The minimum Gasteiger partial charge on any atom is -0.507 e. The lowest BCUT2D eigenvalue weighted by Gasteiger charge is -2.25. The number of hydrogen-bond acceptors (Lipinski definition) is 5. The number of carboxylic acids is 1. The van der Waals surface area contributed by atoms with Crippen molar-refractivity contribution in [2.75, 3.05) is 13.7 Å². The fourth-order valence-corrected chi connectivity index (χ4v) is 3.35. The van der Waals surface area contributed by atoms with Crippen LogP contribution in [0, 0.1) is 0 Å². The van der Waals surface area contributed by atoms with Gasteiger partial charge in [-0.3, -0.25) is 14.4 Å². The first-order valence-corrected chi connectivity index (χ1v) is 9.11. The molecule has 0 aromatic heterocycles. The predicted octanol–water partition coefficient (Wildman–Crippen LogP) is 3.25. The van der Waals surface area contributed by atoms with Crippen molar-refractivity contribution in [3.8, 4) is 5.75 Å². The number of likely N-dealkylation sites (tertiary alicyclic amines) is 1. The van der Waals surface area contributed by atoms with Crippen molar-refractivity contribution in [3.05, 3.63) is 70.3 Å². The number of ether oxygens (including phenoxy) is 1. The van der Waals surface area contributed by atoms with E-state index in [1.807, 2.05) is 0 Å². The summed E-state index contributed by atoms with van der Waals surface area (Å²) in [6.07, 6.45) is -0.333. The normalized spacial score (nSPS) is 18.1. The van der Waals surface area contributed by atoms with Crippen LogP contribution in [0.25, 0.3) is 5.76 Å². The number of carbonyl (C=O) groups excluding carboxylic acids is 2. The lowest BCUT2D eigenvalue weighted by atomic mass is 9.95. The van der Waals surface area contributed by atoms with Crippen molar-refractivity contribution >= 4 is 35.0 Å². The lowest BCUT2D eigenvalue weighted by molar-refractivity contribution is -0.142. The second kappa shape index (κ2) is 8.36. The third-order valence-corrected chi connectivity index (χ3v) is 4.91. The number of amides is 1. The monoisotopic (exact) mass is 415 g/mol. The van der Waals surface area contributed by atoms with Crippen LogP contribution in [-0.2, 0) is 14.4 Å². The summed E-state index contributed by atoms with van der Waals surface area (Å²) in [6, 6.07) is 11.9. The fraction of sp³-hybridized carbons (Fsp3) is 0.190. The molecule has 7 nitrogen and oxygen atoms in total. The van der Waals surface area contributed by atoms with Gasteiger partial charge in [-0.25, -0.2) is 0 Å². The summed E-state index contributed by atoms with van der Waals surface area (Å²) in [5.41, 5.74) is 0.767. The molecule has 0 aliphatic carbocycles. The molecule has 0 bridgehead atoms. The molecule has 2 N–H and O–H groups in total. The molecule has 150 valence electrons.